The van der Waals surface area contributed by atoms with Crippen LogP contribution in [0, 0.1) is 0 Å². The minimum atomic E-state index is -0.00312. The molecule has 1 aliphatic carbocycles. The molecular formula is C14H16N4OS. The second kappa shape index (κ2) is 6.09. The Morgan fingerprint density at radius 1 is 1.35 bits per heavy atom. The van der Waals surface area contributed by atoms with E-state index in [0.29, 0.717) is 23.4 Å². The molecule has 0 atom stereocenters. The third-order valence-corrected chi connectivity index (χ3v) is 3.96. The summed E-state index contributed by atoms with van der Waals surface area (Å²) in [6.07, 6.45) is 2.38. The van der Waals surface area contributed by atoms with Gasteiger partial charge in [0.15, 0.2) is 0 Å². The molecule has 2 N–H and O–H groups in total. The van der Waals surface area contributed by atoms with Gasteiger partial charge in [-0.3, -0.25) is 9.89 Å². The Balaban J connectivity index is 1.42. The molecular weight excluding hydrogens is 272 g/mol. The average molecular weight is 288 g/mol. The molecule has 1 heterocycles. The number of nitrogens with one attached hydrogen (secondary N) is 2. The average Bonchev–Trinajstić information content (AvgIpc) is 3.23. The van der Waals surface area contributed by atoms with Crippen LogP contribution < -0.4 is 5.32 Å². The van der Waals surface area contributed by atoms with Gasteiger partial charge in [-0.05, 0) is 18.4 Å². The number of carbonyl (C=O) groups is 1. The van der Waals surface area contributed by atoms with Gasteiger partial charge < -0.3 is 5.32 Å². The van der Waals surface area contributed by atoms with Crippen LogP contribution in [0.5, 0.6) is 0 Å². The number of carbonyl (C=O) groups excluding carboxylic acids is 1. The molecule has 1 fully saturated rings. The van der Waals surface area contributed by atoms with Crippen LogP contribution in [0.4, 0.5) is 0 Å². The van der Waals surface area contributed by atoms with E-state index in [1.165, 1.54) is 24.6 Å². The number of aromatic nitrogens is 3. The van der Waals surface area contributed by atoms with Gasteiger partial charge in [0.25, 0.3) is 0 Å². The van der Waals surface area contributed by atoms with E-state index in [1.807, 2.05) is 30.3 Å². The highest BCUT2D eigenvalue weighted by atomic mass is 32.2. The lowest BCUT2D eigenvalue weighted by molar-refractivity contribution is -0.118. The predicted octanol–water partition coefficient (Wildman–Crippen LogP) is 2.09. The molecule has 1 amide bonds. The van der Waals surface area contributed by atoms with E-state index in [4.69, 9.17) is 0 Å². The van der Waals surface area contributed by atoms with Crippen molar-refractivity contribution in [1.82, 2.24) is 20.5 Å². The topological polar surface area (TPSA) is 70.7 Å². The number of benzene rings is 1. The quantitative estimate of drug-likeness (QED) is 0.799. The number of hydrogen-bond donors (Lipinski definition) is 2. The summed E-state index contributed by atoms with van der Waals surface area (Å²) in [7, 11) is 0. The molecule has 6 heteroatoms. The predicted molar refractivity (Wildman–Crippen MR) is 77.4 cm³/mol. The summed E-state index contributed by atoms with van der Waals surface area (Å²) in [6, 6.07) is 9.86. The van der Waals surface area contributed by atoms with Gasteiger partial charge >= 0.3 is 0 Å². The summed E-state index contributed by atoms with van der Waals surface area (Å²) in [5.41, 5.74) is 1.10. The van der Waals surface area contributed by atoms with Gasteiger partial charge in [0.1, 0.15) is 5.82 Å². The summed E-state index contributed by atoms with van der Waals surface area (Å²) in [6.45, 7) is 0.557. The van der Waals surface area contributed by atoms with Gasteiger partial charge in [-0.2, -0.15) is 0 Å². The van der Waals surface area contributed by atoms with Crippen molar-refractivity contribution in [2.45, 2.75) is 30.5 Å². The van der Waals surface area contributed by atoms with Gasteiger partial charge in [-0.25, -0.2) is 4.98 Å². The highest BCUT2D eigenvalue weighted by Crippen LogP contribution is 2.38. The molecule has 0 aliphatic heterocycles. The van der Waals surface area contributed by atoms with Crippen molar-refractivity contribution in [3.63, 3.8) is 0 Å². The normalized spacial score (nSPS) is 14.2. The van der Waals surface area contributed by atoms with E-state index in [0.717, 1.165) is 11.4 Å². The lowest BCUT2D eigenvalue weighted by Crippen LogP contribution is -2.24. The second-order valence-electron chi connectivity index (χ2n) is 4.83. The molecule has 0 bridgehead atoms. The fraction of sp³-hybridized carbons (Fsp3) is 0.357. The van der Waals surface area contributed by atoms with Crippen molar-refractivity contribution in [1.29, 1.82) is 0 Å². The summed E-state index contributed by atoms with van der Waals surface area (Å²) in [4.78, 5) is 16.1. The number of hydrogen-bond acceptors (Lipinski definition) is 4. The highest BCUT2D eigenvalue weighted by Gasteiger charge is 2.27. The zero-order valence-corrected chi connectivity index (χ0v) is 11.8. The number of H-pyrrole nitrogens is 1. The van der Waals surface area contributed by atoms with E-state index in [-0.39, 0.29) is 5.91 Å². The Bertz CT molecular complexity index is 580. The lowest BCUT2D eigenvalue weighted by atomic mass is 10.2. The number of nitrogens with zero attached hydrogens (tertiary/aromatic N) is 2. The maximum Gasteiger partial charge on any atom is 0.230 e. The Morgan fingerprint density at radius 2 is 2.15 bits per heavy atom. The van der Waals surface area contributed by atoms with Crippen molar-refractivity contribution >= 4 is 17.7 Å². The number of rotatable bonds is 6. The zero-order valence-electron chi connectivity index (χ0n) is 11.0. The van der Waals surface area contributed by atoms with Gasteiger partial charge in [0.05, 0.1) is 5.75 Å². The van der Waals surface area contributed by atoms with Crippen LogP contribution in [0.15, 0.2) is 35.5 Å². The van der Waals surface area contributed by atoms with Crippen molar-refractivity contribution in [2.24, 2.45) is 0 Å². The molecule has 1 aromatic carbocycles. The Hall–Kier alpha value is -1.82. The maximum atomic E-state index is 11.7. The molecule has 5 nitrogen and oxygen atoms in total. The molecule has 0 saturated heterocycles. The first-order valence-corrected chi connectivity index (χ1v) is 7.65. The van der Waals surface area contributed by atoms with Crippen molar-refractivity contribution in [3.05, 3.63) is 41.7 Å². The molecule has 1 aliphatic rings. The fourth-order valence-corrected chi connectivity index (χ4v) is 2.48. The third kappa shape index (κ3) is 3.60. The van der Waals surface area contributed by atoms with E-state index >= 15 is 0 Å². The number of aromatic amines is 1. The third-order valence-electron chi connectivity index (χ3n) is 3.11. The Labute approximate surface area is 121 Å². The standard InChI is InChI=1S/C14H16N4OS/c19-12(15-8-10-4-2-1-3-5-10)9-20-14-16-13(17-18-14)11-6-7-11/h1-5,11H,6-9H2,(H,15,19)(H,16,17,18). The van der Waals surface area contributed by atoms with Crippen LogP contribution in [0.2, 0.25) is 0 Å². The molecule has 0 unspecified atom stereocenters. The van der Waals surface area contributed by atoms with Gasteiger partial charge in [0.2, 0.25) is 11.1 Å². The Kier molecular flexibility index (Phi) is 4.01. The monoisotopic (exact) mass is 288 g/mol. The first-order chi connectivity index (χ1) is 9.81. The van der Waals surface area contributed by atoms with Crippen LogP contribution in [-0.4, -0.2) is 26.8 Å². The lowest BCUT2D eigenvalue weighted by Gasteiger charge is -2.03. The first-order valence-electron chi connectivity index (χ1n) is 6.67. The smallest absolute Gasteiger partial charge is 0.230 e. The fourth-order valence-electron chi connectivity index (χ4n) is 1.84. The summed E-state index contributed by atoms with van der Waals surface area (Å²) in [5.74, 6) is 1.85. The van der Waals surface area contributed by atoms with Crippen LogP contribution in [0.25, 0.3) is 0 Å². The van der Waals surface area contributed by atoms with E-state index in [9.17, 15) is 4.79 Å². The van der Waals surface area contributed by atoms with Gasteiger partial charge in [-0.15, -0.1) is 5.10 Å². The van der Waals surface area contributed by atoms with E-state index < -0.39 is 0 Å². The van der Waals surface area contributed by atoms with E-state index in [1.54, 1.807) is 0 Å². The van der Waals surface area contributed by atoms with Crippen LogP contribution in [-0.2, 0) is 11.3 Å². The number of amides is 1. The molecule has 0 radical (unpaired) electrons. The zero-order chi connectivity index (χ0) is 13.8. The molecule has 0 spiro atoms. The molecule has 1 saturated carbocycles. The van der Waals surface area contributed by atoms with Gasteiger partial charge in [-0.1, -0.05) is 42.1 Å². The summed E-state index contributed by atoms with van der Waals surface area (Å²) < 4.78 is 0. The Morgan fingerprint density at radius 3 is 2.90 bits per heavy atom. The van der Waals surface area contributed by atoms with Crippen LogP contribution in [0.1, 0.15) is 30.1 Å². The molecule has 3 rings (SSSR count). The van der Waals surface area contributed by atoms with Crippen molar-refractivity contribution in [3.8, 4) is 0 Å². The molecule has 1 aromatic heterocycles. The van der Waals surface area contributed by atoms with Crippen molar-refractivity contribution in [2.75, 3.05) is 5.75 Å². The van der Waals surface area contributed by atoms with Crippen molar-refractivity contribution < 1.29 is 4.79 Å². The molecule has 20 heavy (non-hydrogen) atoms. The van der Waals surface area contributed by atoms with E-state index in [2.05, 4.69) is 20.5 Å². The summed E-state index contributed by atoms with van der Waals surface area (Å²) >= 11 is 1.36. The SMILES string of the molecule is O=C(CSc1n[nH]c(C2CC2)n1)NCc1ccccc1. The first kappa shape index (κ1) is 13.2. The maximum absolute atomic E-state index is 11.7. The van der Waals surface area contributed by atoms with Crippen LogP contribution in [0.3, 0.4) is 0 Å². The largest absolute Gasteiger partial charge is 0.351 e. The second-order valence-corrected chi connectivity index (χ2v) is 5.77. The minimum absolute atomic E-state index is 0.00312. The minimum Gasteiger partial charge on any atom is -0.351 e. The molecule has 104 valence electrons. The molecule has 2 aromatic rings. The van der Waals surface area contributed by atoms with Crippen LogP contribution >= 0.6 is 11.8 Å². The van der Waals surface area contributed by atoms with Gasteiger partial charge in [0, 0.05) is 12.5 Å². The number of thioether (sulfide) groups is 1. The highest BCUT2D eigenvalue weighted by molar-refractivity contribution is 7.99. The summed E-state index contributed by atoms with van der Waals surface area (Å²) in [5, 5.41) is 10.6.